The second-order valence-electron chi connectivity index (χ2n) is 5.23. The molecule has 0 bridgehead atoms. The van der Waals surface area contributed by atoms with Crippen molar-refractivity contribution in [1.29, 1.82) is 0 Å². The van der Waals surface area contributed by atoms with Gasteiger partial charge in [-0.15, -0.1) is 0 Å². The summed E-state index contributed by atoms with van der Waals surface area (Å²) < 4.78 is 0. The summed E-state index contributed by atoms with van der Waals surface area (Å²) in [5.41, 5.74) is 4.19. The molecule has 0 spiro atoms. The maximum atomic E-state index is 12.3. The number of benzene rings is 2. The van der Waals surface area contributed by atoms with E-state index in [-0.39, 0.29) is 5.91 Å². The van der Waals surface area contributed by atoms with Crippen molar-refractivity contribution in [2.75, 3.05) is 5.32 Å². The summed E-state index contributed by atoms with van der Waals surface area (Å²) >= 11 is 6.05. The second-order valence-corrected chi connectivity index (χ2v) is 5.64. The molecule has 0 unspecified atom stereocenters. The van der Waals surface area contributed by atoms with Gasteiger partial charge in [-0.1, -0.05) is 35.9 Å². The van der Waals surface area contributed by atoms with Crippen molar-refractivity contribution in [3.63, 3.8) is 0 Å². The fourth-order valence-corrected chi connectivity index (χ4v) is 2.43. The fraction of sp³-hybridized carbons (Fsp3) is 0.0526. The maximum absolute atomic E-state index is 12.3. The van der Waals surface area contributed by atoms with Crippen LogP contribution in [0.25, 0.3) is 11.3 Å². The highest BCUT2D eigenvalue weighted by atomic mass is 35.5. The first-order valence-electron chi connectivity index (χ1n) is 7.22. The zero-order valence-corrected chi connectivity index (χ0v) is 13.3. The molecule has 0 saturated heterocycles. The highest BCUT2D eigenvalue weighted by Gasteiger charge is 2.08. The van der Waals surface area contributed by atoms with Crippen molar-refractivity contribution < 1.29 is 4.79 Å². The number of hydrogen-bond acceptors (Lipinski definition) is 2. The minimum Gasteiger partial charge on any atom is -0.321 e. The number of pyridine rings is 1. The molecule has 0 fully saturated rings. The van der Waals surface area contributed by atoms with E-state index in [1.54, 1.807) is 30.5 Å². The lowest BCUT2D eigenvalue weighted by Gasteiger charge is -2.08. The number of carbonyl (C=O) groups is 1. The molecule has 23 heavy (non-hydrogen) atoms. The summed E-state index contributed by atoms with van der Waals surface area (Å²) in [5, 5.41) is 3.32. The Balaban J connectivity index is 1.79. The molecule has 0 aliphatic carbocycles. The van der Waals surface area contributed by atoms with Crippen LogP contribution in [0.5, 0.6) is 0 Å². The van der Waals surface area contributed by atoms with Gasteiger partial charge in [-0.3, -0.25) is 9.78 Å². The van der Waals surface area contributed by atoms with Gasteiger partial charge in [0.1, 0.15) is 0 Å². The molecule has 0 atom stereocenters. The molecule has 1 amide bonds. The first-order chi connectivity index (χ1) is 11.1. The van der Waals surface area contributed by atoms with Gasteiger partial charge < -0.3 is 5.32 Å². The smallest absolute Gasteiger partial charge is 0.255 e. The number of para-hydroxylation sites is 1. The Labute approximate surface area is 140 Å². The van der Waals surface area contributed by atoms with E-state index in [2.05, 4.69) is 10.3 Å². The third-order valence-corrected chi connectivity index (χ3v) is 3.81. The first kappa shape index (κ1) is 15.3. The zero-order valence-electron chi connectivity index (χ0n) is 12.6. The zero-order chi connectivity index (χ0) is 16.2. The summed E-state index contributed by atoms with van der Waals surface area (Å²) in [6.07, 6.45) is 1.78. The lowest BCUT2D eigenvalue weighted by Crippen LogP contribution is -2.11. The van der Waals surface area contributed by atoms with Gasteiger partial charge in [0.15, 0.2) is 0 Å². The van der Waals surface area contributed by atoms with Gasteiger partial charge in [-0.2, -0.15) is 0 Å². The molecule has 3 aromatic rings. The fourth-order valence-electron chi connectivity index (χ4n) is 2.24. The number of nitrogens with one attached hydrogen (secondary N) is 1. The number of nitrogens with zero attached hydrogens (tertiary/aromatic N) is 1. The number of halogens is 1. The van der Waals surface area contributed by atoms with Crippen molar-refractivity contribution in [3.8, 4) is 11.3 Å². The standard InChI is InChI=1S/C19H15ClN2O/c1-13-10-11-21-18(12-13)14-6-8-15(9-7-14)19(23)22-17-5-3-2-4-16(17)20/h2-12H,1H3,(H,22,23). The molecule has 0 saturated carbocycles. The van der Waals surface area contributed by atoms with Gasteiger partial charge in [-0.05, 0) is 48.9 Å². The average Bonchev–Trinajstić information content (AvgIpc) is 2.57. The third-order valence-electron chi connectivity index (χ3n) is 3.48. The van der Waals surface area contributed by atoms with E-state index in [1.165, 1.54) is 0 Å². The molecule has 0 aliphatic heterocycles. The van der Waals surface area contributed by atoms with Crippen LogP contribution in [0.1, 0.15) is 15.9 Å². The van der Waals surface area contributed by atoms with Gasteiger partial charge in [0.25, 0.3) is 5.91 Å². The molecule has 0 radical (unpaired) electrons. The molecule has 3 nitrogen and oxygen atoms in total. The minimum absolute atomic E-state index is 0.193. The summed E-state index contributed by atoms with van der Waals surface area (Å²) in [6, 6.07) is 18.5. The number of aryl methyl sites for hydroxylation is 1. The Bertz CT molecular complexity index is 844. The molecule has 2 aromatic carbocycles. The van der Waals surface area contributed by atoms with Crippen molar-refractivity contribution in [3.05, 3.63) is 83.0 Å². The summed E-state index contributed by atoms with van der Waals surface area (Å²) in [5.74, 6) is -0.193. The van der Waals surface area contributed by atoms with E-state index in [0.29, 0.717) is 16.3 Å². The van der Waals surface area contributed by atoms with Gasteiger partial charge in [-0.25, -0.2) is 0 Å². The lowest BCUT2D eigenvalue weighted by molar-refractivity contribution is 0.102. The number of anilines is 1. The van der Waals surface area contributed by atoms with Gasteiger partial charge in [0.2, 0.25) is 0 Å². The van der Waals surface area contributed by atoms with Crippen LogP contribution in [0.2, 0.25) is 5.02 Å². The monoisotopic (exact) mass is 322 g/mol. The van der Waals surface area contributed by atoms with E-state index >= 15 is 0 Å². The van der Waals surface area contributed by atoms with E-state index in [9.17, 15) is 4.79 Å². The Morgan fingerprint density at radius 3 is 2.48 bits per heavy atom. The SMILES string of the molecule is Cc1ccnc(-c2ccc(C(=O)Nc3ccccc3Cl)cc2)c1. The van der Waals surface area contributed by atoms with Gasteiger partial charge in [0.05, 0.1) is 16.4 Å². The van der Waals surface area contributed by atoms with Gasteiger partial charge in [0, 0.05) is 17.3 Å². The topological polar surface area (TPSA) is 42.0 Å². The summed E-state index contributed by atoms with van der Waals surface area (Å²) in [7, 11) is 0. The number of carbonyl (C=O) groups excluding carboxylic acids is 1. The quantitative estimate of drug-likeness (QED) is 0.740. The molecule has 4 heteroatoms. The minimum atomic E-state index is -0.193. The van der Waals surface area contributed by atoms with E-state index in [1.807, 2.05) is 43.3 Å². The molecular weight excluding hydrogens is 308 g/mol. The van der Waals surface area contributed by atoms with Crippen molar-refractivity contribution in [2.24, 2.45) is 0 Å². The largest absolute Gasteiger partial charge is 0.321 e. The molecule has 1 heterocycles. The molecule has 114 valence electrons. The van der Waals surface area contributed by atoms with E-state index in [4.69, 9.17) is 11.6 Å². The number of hydrogen-bond donors (Lipinski definition) is 1. The van der Waals surface area contributed by atoms with Crippen LogP contribution in [0.4, 0.5) is 5.69 Å². The van der Waals surface area contributed by atoms with Crippen LogP contribution in [-0.2, 0) is 0 Å². The van der Waals surface area contributed by atoms with Crippen LogP contribution in [0.3, 0.4) is 0 Å². The van der Waals surface area contributed by atoms with Crippen LogP contribution in [0.15, 0.2) is 66.9 Å². The van der Waals surface area contributed by atoms with Crippen molar-refractivity contribution in [1.82, 2.24) is 4.98 Å². The molecule has 1 N–H and O–H groups in total. The number of amides is 1. The predicted octanol–water partition coefficient (Wildman–Crippen LogP) is 4.96. The summed E-state index contributed by atoms with van der Waals surface area (Å²) in [6.45, 7) is 2.02. The maximum Gasteiger partial charge on any atom is 0.255 e. The van der Waals surface area contributed by atoms with Crippen LogP contribution >= 0.6 is 11.6 Å². The normalized spacial score (nSPS) is 10.3. The van der Waals surface area contributed by atoms with E-state index in [0.717, 1.165) is 16.8 Å². The second kappa shape index (κ2) is 6.63. The lowest BCUT2D eigenvalue weighted by atomic mass is 10.1. The van der Waals surface area contributed by atoms with Crippen molar-refractivity contribution in [2.45, 2.75) is 6.92 Å². The van der Waals surface area contributed by atoms with Gasteiger partial charge >= 0.3 is 0 Å². The average molecular weight is 323 g/mol. The Morgan fingerprint density at radius 1 is 1.04 bits per heavy atom. The van der Waals surface area contributed by atoms with E-state index < -0.39 is 0 Å². The predicted molar refractivity (Wildman–Crippen MR) is 93.8 cm³/mol. The Kier molecular flexibility index (Phi) is 4.40. The number of aromatic nitrogens is 1. The van der Waals surface area contributed by atoms with Crippen LogP contribution in [0, 0.1) is 6.92 Å². The molecular formula is C19H15ClN2O. The number of rotatable bonds is 3. The van der Waals surface area contributed by atoms with Crippen molar-refractivity contribution >= 4 is 23.2 Å². The molecule has 0 aliphatic rings. The van der Waals surface area contributed by atoms with Crippen LogP contribution in [-0.4, -0.2) is 10.9 Å². The highest BCUT2D eigenvalue weighted by molar-refractivity contribution is 6.33. The molecule has 3 rings (SSSR count). The van der Waals surface area contributed by atoms with Crippen LogP contribution < -0.4 is 5.32 Å². The first-order valence-corrected chi connectivity index (χ1v) is 7.60. The third kappa shape index (κ3) is 3.58. The Hall–Kier alpha value is -2.65. The molecule has 1 aromatic heterocycles. The highest BCUT2D eigenvalue weighted by Crippen LogP contribution is 2.22. The Morgan fingerprint density at radius 2 is 1.78 bits per heavy atom. The summed E-state index contributed by atoms with van der Waals surface area (Å²) in [4.78, 5) is 16.6.